The number of hydroxylamine groups is 1. The van der Waals surface area contributed by atoms with Gasteiger partial charge in [-0.3, -0.25) is 9.74 Å². The summed E-state index contributed by atoms with van der Waals surface area (Å²) in [6.45, 7) is 5.81. The lowest BCUT2D eigenvalue weighted by Crippen LogP contribution is -2.35. The Morgan fingerprint density at radius 2 is 2.11 bits per heavy atom. The highest BCUT2D eigenvalue weighted by molar-refractivity contribution is 5.66. The van der Waals surface area contributed by atoms with Gasteiger partial charge in [0.05, 0.1) is 13.2 Å². The second kappa shape index (κ2) is 5.79. The highest BCUT2D eigenvalue weighted by Crippen LogP contribution is 2.26. The summed E-state index contributed by atoms with van der Waals surface area (Å²) in [4.78, 5) is 17.6. The average molecular weight is 266 g/mol. The van der Waals surface area contributed by atoms with Crippen molar-refractivity contribution in [2.75, 3.05) is 26.2 Å². The second-order valence-electron chi connectivity index (χ2n) is 5.33. The van der Waals surface area contributed by atoms with Gasteiger partial charge in [-0.2, -0.15) is 5.48 Å². The fraction of sp³-hybridized carbons (Fsp3) is 0.909. The van der Waals surface area contributed by atoms with Crippen LogP contribution in [0.25, 0.3) is 0 Å². The molecule has 0 bridgehead atoms. The number of likely N-dealkylation sites (tertiary alicyclic amines) is 1. The quantitative estimate of drug-likeness (QED) is 0.622. The summed E-state index contributed by atoms with van der Waals surface area (Å²) in [5.74, 6) is -2.60. The Morgan fingerprint density at radius 1 is 1.44 bits per heavy atom. The van der Waals surface area contributed by atoms with E-state index in [1.54, 1.807) is 25.7 Å². The molecule has 0 aromatic rings. The van der Waals surface area contributed by atoms with E-state index in [0.717, 1.165) is 0 Å². The third kappa shape index (κ3) is 6.11. The molecule has 0 unspecified atom stereocenters. The largest absolute Gasteiger partial charge is 0.442 e. The minimum atomic E-state index is -2.60. The van der Waals surface area contributed by atoms with Crippen molar-refractivity contribution < 1.29 is 23.1 Å². The number of hydrogen-bond donors (Lipinski definition) is 1. The first-order valence-electron chi connectivity index (χ1n) is 5.89. The molecule has 1 fully saturated rings. The van der Waals surface area contributed by atoms with Gasteiger partial charge in [0.1, 0.15) is 5.60 Å². The number of carbonyl (C=O) groups excluding carboxylic acids is 1. The first kappa shape index (κ1) is 15.1. The molecule has 0 aromatic heterocycles. The van der Waals surface area contributed by atoms with Gasteiger partial charge in [0.15, 0.2) is 0 Å². The molecule has 0 aliphatic carbocycles. The molecule has 5 nitrogen and oxygen atoms in total. The first-order chi connectivity index (χ1) is 8.18. The predicted octanol–water partition coefficient (Wildman–Crippen LogP) is 1.78. The summed E-state index contributed by atoms with van der Waals surface area (Å²) < 4.78 is 30.6. The number of ether oxygens (including phenoxy) is 1. The molecular formula is C11H20F2N2O3. The predicted molar refractivity (Wildman–Crippen MR) is 61.3 cm³/mol. The zero-order chi connectivity index (χ0) is 13.8. The first-order valence-corrected chi connectivity index (χ1v) is 5.89. The van der Waals surface area contributed by atoms with E-state index in [4.69, 9.17) is 9.57 Å². The van der Waals surface area contributed by atoms with Crippen molar-refractivity contribution in [1.82, 2.24) is 10.4 Å². The van der Waals surface area contributed by atoms with Crippen LogP contribution in [0.2, 0.25) is 0 Å². The van der Waals surface area contributed by atoms with Crippen molar-refractivity contribution in [2.45, 2.75) is 38.7 Å². The van der Waals surface area contributed by atoms with Crippen molar-refractivity contribution in [3.05, 3.63) is 0 Å². The van der Waals surface area contributed by atoms with E-state index >= 15 is 0 Å². The summed E-state index contributed by atoms with van der Waals surface area (Å²) in [5.41, 5.74) is 1.52. The SMILES string of the molecule is CC(C)(C)OC(=O)NOCCN1CCC(F)(F)C1. The fourth-order valence-electron chi connectivity index (χ4n) is 1.58. The van der Waals surface area contributed by atoms with Crippen LogP contribution in [0.4, 0.5) is 13.6 Å². The van der Waals surface area contributed by atoms with Crippen LogP contribution in [0.15, 0.2) is 0 Å². The van der Waals surface area contributed by atoms with Crippen molar-refractivity contribution >= 4 is 6.09 Å². The van der Waals surface area contributed by atoms with Gasteiger partial charge in [-0.15, -0.1) is 0 Å². The molecule has 0 aromatic carbocycles. The normalized spacial score (nSPS) is 19.8. The molecule has 0 radical (unpaired) electrons. The molecule has 1 rings (SSSR count). The molecule has 1 N–H and O–H groups in total. The standard InChI is InChI=1S/C11H20F2N2O3/c1-10(2,3)18-9(16)14-17-7-6-15-5-4-11(12,13)8-15/h4-8H2,1-3H3,(H,14,16). The number of hydrogen-bond acceptors (Lipinski definition) is 4. The minimum Gasteiger partial charge on any atom is -0.442 e. The summed E-state index contributed by atoms with van der Waals surface area (Å²) in [6, 6.07) is 0. The smallest absolute Gasteiger partial charge is 0.431 e. The number of rotatable bonds is 4. The highest BCUT2D eigenvalue weighted by Gasteiger charge is 2.37. The Balaban J connectivity index is 2.07. The molecule has 0 spiro atoms. The van der Waals surface area contributed by atoms with E-state index < -0.39 is 17.6 Å². The van der Waals surface area contributed by atoms with E-state index in [-0.39, 0.29) is 19.6 Å². The van der Waals surface area contributed by atoms with Gasteiger partial charge in [-0.1, -0.05) is 0 Å². The summed E-state index contributed by atoms with van der Waals surface area (Å²) in [5, 5.41) is 0. The van der Waals surface area contributed by atoms with Crippen LogP contribution in [0.3, 0.4) is 0 Å². The van der Waals surface area contributed by atoms with Crippen LogP contribution in [-0.4, -0.2) is 48.8 Å². The number of nitrogens with zero attached hydrogens (tertiary/aromatic N) is 1. The van der Waals surface area contributed by atoms with E-state index in [9.17, 15) is 13.6 Å². The maximum atomic E-state index is 12.8. The van der Waals surface area contributed by atoms with E-state index in [1.165, 1.54) is 0 Å². The van der Waals surface area contributed by atoms with Crippen LogP contribution in [0, 0.1) is 0 Å². The van der Waals surface area contributed by atoms with Crippen LogP contribution < -0.4 is 5.48 Å². The van der Waals surface area contributed by atoms with E-state index in [0.29, 0.717) is 13.1 Å². The number of halogens is 2. The molecule has 1 aliphatic heterocycles. The van der Waals surface area contributed by atoms with Crippen molar-refractivity contribution in [3.8, 4) is 0 Å². The zero-order valence-corrected chi connectivity index (χ0v) is 11.0. The van der Waals surface area contributed by atoms with Crippen LogP contribution in [-0.2, 0) is 9.57 Å². The van der Waals surface area contributed by atoms with Gasteiger partial charge in [0, 0.05) is 19.5 Å². The minimum absolute atomic E-state index is 0.119. The molecule has 0 atom stereocenters. The number of alkyl halides is 2. The zero-order valence-electron chi connectivity index (χ0n) is 11.0. The molecule has 106 valence electrons. The van der Waals surface area contributed by atoms with Crippen LogP contribution >= 0.6 is 0 Å². The number of amides is 1. The van der Waals surface area contributed by atoms with E-state index in [1.807, 2.05) is 0 Å². The third-order valence-corrected chi connectivity index (χ3v) is 2.31. The van der Waals surface area contributed by atoms with Crippen molar-refractivity contribution in [3.63, 3.8) is 0 Å². The van der Waals surface area contributed by atoms with Gasteiger partial charge in [-0.05, 0) is 20.8 Å². The maximum absolute atomic E-state index is 12.8. The Labute approximate surface area is 105 Å². The summed E-state index contributed by atoms with van der Waals surface area (Å²) in [6.07, 6.45) is -0.804. The lowest BCUT2D eigenvalue weighted by Gasteiger charge is -2.20. The van der Waals surface area contributed by atoms with Gasteiger partial charge in [-0.25, -0.2) is 13.6 Å². The Morgan fingerprint density at radius 3 is 2.61 bits per heavy atom. The fourth-order valence-corrected chi connectivity index (χ4v) is 1.58. The Bertz CT molecular complexity index is 293. The van der Waals surface area contributed by atoms with Gasteiger partial charge >= 0.3 is 6.09 Å². The molecule has 0 saturated carbocycles. The third-order valence-electron chi connectivity index (χ3n) is 2.31. The second-order valence-corrected chi connectivity index (χ2v) is 5.33. The molecule has 7 heteroatoms. The Kier molecular flexibility index (Phi) is 4.86. The molecule has 1 amide bonds. The van der Waals surface area contributed by atoms with Crippen molar-refractivity contribution in [1.29, 1.82) is 0 Å². The van der Waals surface area contributed by atoms with Crippen LogP contribution in [0.5, 0.6) is 0 Å². The maximum Gasteiger partial charge on any atom is 0.431 e. The molecule has 1 aliphatic rings. The lowest BCUT2D eigenvalue weighted by molar-refractivity contribution is -0.0174. The number of nitrogens with one attached hydrogen (secondary N) is 1. The summed E-state index contributed by atoms with van der Waals surface area (Å²) >= 11 is 0. The van der Waals surface area contributed by atoms with Gasteiger partial charge in [0.25, 0.3) is 5.92 Å². The molecule has 18 heavy (non-hydrogen) atoms. The Hall–Kier alpha value is -0.950. The van der Waals surface area contributed by atoms with E-state index in [2.05, 4.69) is 5.48 Å². The lowest BCUT2D eigenvalue weighted by atomic mass is 10.2. The van der Waals surface area contributed by atoms with Crippen LogP contribution in [0.1, 0.15) is 27.2 Å². The van der Waals surface area contributed by atoms with Crippen molar-refractivity contribution in [2.24, 2.45) is 0 Å². The van der Waals surface area contributed by atoms with Gasteiger partial charge < -0.3 is 4.74 Å². The number of carbonyl (C=O) groups is 1. The molecule has 1 heterocycles. The van der Waals surface area contributed by atoms with Gasteiger partial charge in [0.2, 0.25) is 0 Å². The summed E-state index contributed by atoms with van der Waals surface area (Å²) in [7, 11) is 0. The monoisotopic (exact) mass is 266 g/mol. The molecule has 1 saturated heterocycles. The topological polar surface area (TPSA) is 50.8 Å². The highest BCUT2D eigenvalue weighted by atomic mass is 19.3. The average Bonchev–Trinajstić information content (AvgIpc) is 2.50. The molecular weight excluding hydrogens is 246 g/mol.